The number of hydrogen-bond acceptors (Lipinski definition) is 6. The second kappa shape index (κ2) is 16.1. The van der Waals surface area contributed by atoms with E-state index in [0.717, 1.165) is 44.9 Å². The Morgan fingerprint density at radius 1 is 1.06 bits per heavy atom. The Balaban J connectivity index is 0.00000145. The van der Waals surface area contributed by atoms with Gasteiger partial charge < -0.3 is 9.52 Å². The van der Waals surface area contributed by atoms with Crippen molar-refractivity contribution in [1.29, 1.82) is 0 Å². The Hall–Kier alpha value is -0.880. The summed E-state index contributed by atoms with van der Waals surface area (Å²) >= 11 is 3.30. The van der Waals surface area contributed by atoms with Gasteiger partial charge in [-0.2, -0.15) is 11.8 Å². The molecule has 3 atom stereocenters. The van der Waals surface area contributed by atoms with Crippen molar-refractivity contribution in [1.82, 2.24) is 0 Å². The smallest absolute Gasteiger partial charge is 0.353 e. The molecule has 0 saturated heterocycles. The van der Waals surface area contributed by atoms with E-state index in [4.69, 9.17) is 4.42 Å². The topological polar surface area (TPSA) is 67.5 Å². The van der Waals surface area contributed by atoms with Crippen LogP contribution in [0.25, 0.3) is 0 Å². The lowest BCUT2D eigenvalue weighted by molar-refractivity contribution is -0.116. The average Bonchev–Trinajstić information content (AvgIpc) is 2.87. The SMILES string of the molecule is CC.CC.CCC(=O)CSC1CCC(Sc2c(O)cc(C3CCCCC3)oc2=O)C(C(C)(C)C)C1. The van der Waals surface area contributed by atoms with E-state index in [9.17, 15) is 14.7 Å². The highest BCUT2D eigenvalue weighted by atomic mass is 32.2. The van der Waals surface area contributed by atoms with Crippen LogP contribution in [0.1, 0.15) is 125 Å². The van der Waals surface area contributed by atoms with E-state index >= 15 is 0 Å². The van der Waals surface area contributed by atoms with Gasteiger partial charge in [0.25, 0.3) is 0 Å². The van der Waals surface area contributed by atoms with E-state index in [1.54, 1.807) is 17.8 Å². The lowest BCUT2D eigenvalue weighted by Gasteiger charge is -2.43. The van der Waals surface area contributed by atoms with E-state index in [1.807, 2.05) is 34.6 Å². The van der Waals surface area contributed by atoms with E-state index in [1.165, 1.54) is 18.2 Å². The third-order valence-electron chi connectivity index (χ3n) is 6.91. The normalized spacial score (nSPS) is 22.9. The maximum atomic E-state index is 12.8. The molecule has 0 aliphatic heterocycles. The molecule has 2 saturated carbocycles. The first-order chi connectivity index (χ1) is 16.7. The first-order valence-electron chi connectivity index (χ1n) is 13.9. The maximum Gasteiger partial charge on any atom is 0.353 e. The predicted molar refractivity (Wildman–Crippen MR) is 153 cm³/mol. The average molecular weight is 527 g/mol. The molecule has 0 aromatic carbocycles. The first-order valence-corrected chi connectivity index (χ1v) is 15.8. The summed E-state index contributed by atoms with van der Waals surface area (Å²) in [7, 11) is 0. The van der Waals surface area contributed by atoms with E-state index < -0.39 is 0 Å². The number of thioether (sulfide) groups is 2. The van der Waals surface area contributed by atoms with Gasteiger partial charge in [0.2, 0.25) is 0 Å². The van der Waals surface area contributed by atoms with Crippen LogP contribution in [0.5, 0.6) is 5.75 Å². The molecule has 0 bridgehead atoms. The van der Waals surface area contributed by atoms with Crippen LogP contribution in [0.2, 0.25) is 0 Å². The Labute approximate surface area is 222 Å². The zero-order valence-electron chi connectivity index (χ0n) is 23.4. The standard InChI is InChI=1S/C25H38O4S2.2C2H6/c1-5-17(26)15-30-18-11-12-22(19(13-18)25(2,3)4)31-23-20(27)14-21(29-24(23)28)16-9-7-6-8-10-16;2*1-2/h14,16,18-19,22,27H,5-13,15H2,1-4H3;2*1-2H3. The molecule has 3 rings (SSSR count). The molecule has 1 aromatic rings. The Morgan fingerprint density at radius 2 is 1.69 bits per heavy atom. The summed E-state index contributed by atoms with van der Waals surface area (Å²) in [5.41, 5.74) is -0.299. The van der Waals surface area contributed by atoms with Crippen molar-refractivity contribution in [2.24, 2.45) is 11.3 Å². The molecule has 1 heterocycles. The van der Waals surface area contributed by atoms with Crippen molar-refractivity contribution >= 4 is 29.3 Å². The van der Waals surface area contributed by atoms with Crippen LogP contribution in [-0.2, 0) is 4.79 Å². The number of rotatable bonds is 7. The Kier molecular flexibility index (Phi) is 14.8. The van der Waals surface area contributed by atoms with Crippen molar-refractivity contribution in [3.8, 4) is 5.75 Å². The van der Waals surface area contributed by atoms with Crippen molar-refractivity contribution < 1.29 is 14.3 Å². The zero-order valence-corrected chi connectivity index (χ0v) is 25.1. The maximum absolute atomic E-state index is 12.8. The van der Waals surface area contributed by atoms with Gasteiger partial charge in [-0.1, -0.05) is 74.7 Å². The molecule has 2 fully saturated rings. The quantitative estimate of drug-likeness (QED) is 0.383. The number of carbonyl (C=O) groups excluding carboxylic acids is 1. The summed E-state index contributed by atoms with van der Waals surface area (Å²) in [4.78, 5) is 24.9. The van der Waals surface area contributed by atoms with Crippen LogP contribution >= 0.6 is 23.5 Å². The molecule has 2 aliphatic carbocycles. The fraction of sp³-hybridized carbons (Fsp3) is 0.793. The molecule has 6 heteroatoms. The van der Waals surface area contributed by atoms with Crippen LogP contribution in [0.3, 0.4) is 0 Å². The third kappa shape index (κ3) is 9.83. The third-order valence-corrected chi connectivity index (χ3v) is 9.78. The second-order valence-corrected chi connectivity index (χ2v) is 12.8. The monoisotopic (exact) mass is 526 g/mol. The second-order valence-electron chi connectivity index (χ2n) is 10.3. The molecule has 3 unspecified atom stereocenters. The largest absolute Gasteiger partial charge is 0.506 e. The van der Waals surface area contributed by atoms with Crippen LogP contribution in [0, 0.1) is 11.3 Å². The van der Waals surface area contributed by atoms with Gasteiger partial charge in [-0.3, -0.25) is 4.79 Å². The molecule has 0 amide bonds. The summed E-state index contributed by atoms with van der Waals surface area (Å²) in [5, 5.41) is 11.5. The fourth-order valence-corrected chi connectivity index (χ4v) is 7.79. The molecule has 0 spiro atoms. The Morgan fingerprint density at radius 3 is 2.23 bits per heavy atom. The zero-order chi connectivity index (χ0) is 26.6. The predicted octanol–water partition coefficient (Wildman–Crippen LogP) is 8.83. The van der Waals surface area contributed by atoms with Gasteiger partial charge in [0.1, 0.15) is 22.2 Å². The molecule has 202 valence electrons. The highest BCUT2D eigenvalue weighted by Gasteiger charge is 2.39. The van der Waals surface area contributed by atoms with Gasteiger partial charge in [-0.05, 0) is 43.4 Å². The number of aromatic hydroxyl groups is 1. The van der Waals surface area contributed by atoms with Gasteiger partial charge in [0.15, 0.2) is 0 Å². The number of carbonyl (C=O) groups is 1. The molecule has 4 nitrogen and oxygen atoms in total. The number of hydrogen-bond donors (Lipinski definition) is 1. The molecule has 1 N–H and O–H groups in total. The van der Waals surface area contributed by atoms with Crippen LogP contribution < -0.4 is 5.63 Å². The summed E-state index contributed by atoms with van der Waals surface area (Å²) in [6.45, 7) is 16.7. The minimum atomic E-state index is -0.386. The van der Waals surface area contributed by atoms with Gasteiger partial charge in [-0.15, -0.1) is 11.8 Å². The minimum Gasteiger partial charge on any atom is -0.506 e. The van der Waals surface area contributed by atoms with E-state index in [2.05, 4.69) is 20.8 Å². The van der Waals surface area contributed by atoms with Crippen LogP contribution in [0.15, 0.2) is 20.2 Å². The van der Waals surface area contributed by atoms with Gasteiger partial charge >= 0.3 is 5.63 Å². The number of ketones is 1. The lowest BCUT2D eigenvalue weighted by atomic mass is 9.72. The molecule has 1 aromatic heterocycles. The van der Waals surface area contributed by atoms with Gasteiger partial charge in [0, 0.05) is 28.9 Å². The highest BCUT2D eigenvalue weighted by Crippen LogP contribution is 2.49. The number of Topliss-reactive ketones (excluding diaryl/α,β-unsaturated/α-hetero) is 1. The molecule has 35 heavy (non-hydrogen) atoms. The summed E-state index contributed by atoms with van der Waals surface area (Å²) < 4.78 is 5.71. The summed E-state index contributed by atoms with van der Waals surface area (Å²) in [6.07, 6.45) is 9.27. The summed E-state index contributed by atoms with van der Waals surface area (Å²) in [5.74, 6) is 2.31. The van der Waals surface area contributed by atoms with Crippen molar-refractivity contribution in [3.05, 3.63) is 22.2 Å². The lowest BCUT2D eigenvalue weighted by Crippen LogP contribution is -2.37. The first kappa shape index (κ1) is 32.1. The molecule has 2 aliphatic rings. The van der Waals surface area contributed by atoms with E-state index in [-0.39, 0.29) is 28.0 Å². The molecular formula is C29H50O4S2. The van der Waals surface area contributed by atoms with Crippen LogP contribution in [-0.4, -0.2) is 27.1 Å². The van der Waals surface area contributed by atoms with E-state index in [0.29, 0.717) is 39.8 Å². The minimum absolute atomic E-state index is 0.0829. The van der Waals surface area contributed by atoms with Crippen LogP contribution in [0.4, 0.5) is 0 Å². The van der Waals surface area contributed by atoms with Gasteiger partial charge in [0.05, 0.1) is 5.75 Å². The highest BCUT2D eigenvalue weighted by molar-refractivity contribution is 8.00. The van der Waals surface area contributed by atoms with Crippen molar-refractivity contribution in [2.75, 3.05) is 5.75 Å². The van der Waals surface area contributed by atoms with Gasteiger partial charge in [-0.25, -0.2) is 4.79 Å². The fourth-order valence-electron chi connectivity index (χ4n) is 4.96. The van der Waals surface area contributed by atoms with Crippen molar-refractivity contribution in [3.63, 3.8) is 0 Å². The molecular weight excluding hydrogens is 476 g/mol. The summed E-state index contributed by atoms with van der Waals surface area (Å²) in [6, 6.07) is 1.70. The molecule has 0 radical (unpaired) electrons. The Bertz CT molecular complexity index is 806. The van der Waals surface area contributed by atoms with Crippen molar-refractivity contribution in [2.45, 2.75) is 134 Å².